The average molecular weight is 465 g/mol. The lowest BCUT2D eigenvalue weighted by Gasteiger charge is -2.18. The van der Waals surface area contributed by atoms with Crippen LogP contribution in [0.15, 0.2) is 58.3 Å². The summed E-state index contributed by atoms with van der Waals surface area (Å²) in [5.41, 5.74) is 0.568. The van der Waals surface area contributed by atoms with E-state index >= 15 is 0 Å². The first-order valence-electron chi connectivity index (χ1n) is 10.0. The summed E-state index contributed by atoms with van der Waals surface area (Å²) < 4.78 is 55.3. The number of carbonyl (C=O) groups excluding carboxylic acids is 1. The molecule has 11 heteroatoms. The highest BCUT2D eigenvalue weighted by atomic mass is 32.2. The molecular weight excluding hydrogens is 440 g/mol. The molecule has 2 aliphatic rings. The van der Waals surface area contributed by atoms with Gasteiger partial charge in [-0.3, -0.25) is 4.72 Å². The Bertz CT molecular complexity index is 1170. The normalized spacial score (nSPS) is 16.8. The number of anilines is 2. The second-order valence-electron chi connectivity index (χ2n) is 7.64. The van der Waals surface area contributed by atoms with Gasteiger partial charge in [-0.05, 0) is 62.1 Å². The summed E-state index contributed by atoms with van der Waals surface area (Å²) in [6.07, 6.45) is 3.51. The van der Waals surface area contributed by atoms with Crippen LogP contribution in [0.1, 0.15) is 25.7 Å². The molecule has 0 unspecified atom stereocenters. The Kier molecular flexibility index (Phi) is 5.91. The third-order valence-corrected chi connectivity index (χ3v) is 8.07. The average Bonchev–Trinajstić information content (AvgIpc) is 3.36. The molecule has 2 aromatic rings. The van der Waals surface area contributed by atoms with Crippen LogP contribution < -0.4 is 14.8 Å². The van der Waals surface area contributed by atoms with Gasteiger partial charge in [0.25, 0.3) is 10.0 Å². The van der Waals surface area contributed by atoms with Crippen LogP contribution in [-0.2, 0) is 20.0 Å². The van der Waals surface area contributed by atoms with Gasteiger partial charge in [-0.15, -0.1) is 0 Å². The molecule has 0 spiro atoms. The van der Waals surface area contributed by atoms with E-state index in [0.29, 0.717) is 18.8 Å². The molecule has 166 valence electrons. The van der Waals surface area contributed by atoms with E-state index in [4.69, 9.17) is 0 Å². The Morgan fingerprint density at radius 3 is 1.94 bits per heavy atom. The molecule has 3 N–H and O–H groups in total. The number of amides is 2. The van der Waals surface area contributed by atoms with Crippen molar-refractivity contribution < 1.29 is 21.6 Å². The van der Waals surface area contributed by atoms with Crippen LogP contribution in [0, 0.1) is 0 Å². The highest BCUT2D eigenvalue weighted by Gasteiger charge is 2.28. The van der Waals surface area contributed by atoms with Gasteiger partial charge in [0.15, 0.2) is 0 Å². The number of nitrogens with zero attached hydrogens (tertiary/aromatic N) is 1. The molecule has 2 fully saturated rings. The Morgan fingerprint density at radius 1 is 0.806 bits per heavy atom. The Balaban J connectivity index is 1.50. The van der Waals surface area contributed by atoms with Crippen molar-refractivity contribution in [3.8, 4) is 0 Å². The Hall–Kier alpha value is -2.63. The van der Waals surface area contributed by atoms with Crippen molar-refractivity contribution in [2.24, 2.45) is 0 Å². The van der Waals surface area contributed by atoms with Crippen molar-refractivity contribution in [2.45, 2.75) is 41.5 Å². The van der Waals surface area contributed by atoms with Gasteiger partial charge in [0.2, 0.25) is 10.0 Å². The molecule has 2 aromatic carbocycles. The minimum Gasteiger partial charge on any atom is -0.325 e. The molecule has 9 nitrogen and oxygen atoms in total. The lowest BCUT2D eigenvalue weighted by molar-refractivity contribution is 0.222. The van der Waals surface area contributed by atoms with Gasteiger partial charge in [0, 0.05) is 19.1 Å². The maximum Gasteiger partial charge on any atom is 0.321 e. The molecule has 0 aromatic heterocycles. The lowest BCUT2D eigenvalue weighted by atomic mass is 10.3. The summed E-state index contributed by atoms with van der Waals surface area (Å²) in [4.78, 5) is 14.0. The maximum atomic E-state index is 12.8. The number of para-hydroxylation sites is 2. The molecule has 0 atom stereocenters. The van der Waals surface area contributed by atoms with Crippen molar-refractivity contribution in [3.05, 3.63) is 48.5 Å². The van der Waals surface area contributed by atoms with Crippen molar-refractivity contribution >= 4 is 37.5 Å². The van der Waals surface area contributed by atoms with Crippen LogP contribution in [0.25, 0.3) is 0 Å². The fraction of sp³-hybridized carbons (Fsp3) is 0.350. The van der Waals surface area contributed by atoms with Gasteiger partial charge in [-0.25, -0.2) is 26.4 Å². The van der Waals surface area contributed by atoms with Crippen LogP contribution in [0.3, 0.4) is 0 Å². The molecule has 1 heterocycles. The molecule has 0 radical (unpaired) electrons. The first kappa shape index (κ1) is 21.6. The van der Waals surface area contributed by atoms with Crippen molar-refractivity contribution in [2.75, 3.05) is 23.1 Å². The van der Waals surface area contributed by atoms with Gasteiger partial charge in [-0.2, -0.15) is 0 Å². The van der Waals surface area contributed by atoms with E-state index in [1.807, 2.05) is 0 Å². The van der Waals surface area contributed by atoms with Crippen LogP contribution in [0.5, 0.6) is 0 Å². The quantitative estimate of drug-likeness (QED) is 0.581. The highest BCUT2D eigenvalue weighted by molar-refractivity contribution is 7.92. The van der Waals surface area contributed by atoms with E-state index in [2.05, 4.69) is 14.8 Å². The Labute approximate surface area is 181 Å². The fourth-order valence-electron chi connectivity index (χ4n) is 3.29. The molecule has 0 bridgehead atoms. The zero-order valence-electron chi connectivity index (χ0n) is 16.7. The number of urea groups is 1. The van der Waals surface area contributed by atoms with Gasteiger partial charge < -0.3 is 10.2 Å². The molecule has 2 amide bonds. The predicted octanol–water partition coefficient (Wildman–Crippen LogP) is 2.56. The molecule has 1 aliphatic carbocycles. The zero-order chi connectivity index (χ0) is 22.1. The number of nitrogens with one attached hydrogen (secondary N) is 3. The number of sulfonamides is 2. The summed E-state index contributed by atoms with van der Waals surface area (Å²) in [5, 5.41) is 2.75. The molecule has 1 aliphatic heterocycles. The van der Waals surface area contributed by atoms with E-state index < -0.39 is 20.0 Å². The smallest absolute Gasteiger partial charge is 0.321 e. The number of likely N-dealkylation sites (tertiary alicyclic amines) is 1. The lowest BCUT2D eigenvalue weighted by Crippen LogP contribution is -2.32. The monoisotopic (exact) mass is 464 g/mol. The second kappa shape index (κ2) is 8.48. The van der Waals surface area contributed by atoms with E-state index in [-0.39, 0.29) is 27.6 Å². The van der Waals surface area contributed by atoms with Gasteiger partial charge in [0.1, 0.15) is 0 Å². The largest absolute Gasteiger partial charge is 0.325 e. The summed E-state index contributed by atoms with van der Waals surface area (Å²) >= 11 is 0. The minimum atomic E-state index is -3.99. The summed E-state index contributed by atoms with van der Waals surface area (Å²) in [6.45, 7) is 1.34. The molecule has 1 saturated heterocycles. The van der Waals surface area contributed by atoms with Crippen molar-refractivity contribution in [1.29, 1.82) is 0 Å². The SMILES string of the molecule is O=C(Nc1ccccc1NS(=O)(=O)c1ccc(S(=O)(=O)NC2CC2)cc1)N1CCCC1. The van der Waals surface area contributed by atoms with Crippen molar-refractivity contribution in [3.63, 3.8) is 0 Å². The summed E-state index contributed by atoms with van der Waals surface area (Å²) in [6, 6.07) is 11.2. The van der Waals surface area contributed by atoms with Crippen molar-refractivity contribution in [1.82, 2.24) is 9.62 Å². The number of rotatable bonds is 7. The van der Waals surface area contributed by atoms with Crippen LogP contribution in [-0.4, -0.2) is 46.9 Å². The molecule has 31 heavy (non-hydrogen) atoms. The maximum absolute atomic E-state index is 12.8. The molecule has 4 rings (SSSR count). The standard InChI is InChI=1S/C20H24N4O5S2/c25-20(24-13-3-4-14-24)21-18-5-1-2-6-19(18)23-31(28,29)17-11-9-16(10-12-17)30(26,27)22-15-7-8-15/h1-2,5-6,9-12,15,22-23H,3-4,7-8,13-14H2,(H,21,25). The highest BCUT2D eigenvalue weighted by Crippen LogP contribution is 2.26. The first-order valence-corrected chi connectivity index (χ1v) is 13.0. The van der Waals surface area contributed by atoms with E-state index in [1.54, 1.807) is 29.2 Å². The fourth-order valence-corrected chi connectivity index (χ4v) is 5.67. The summed E-state index contributed by atoms with van der Waals surface area (Å²) in [5.74, 6) is 0. The number of carbonyl (C=O) groups is 1. The van der Waals surface area contributed by atoms with Crippen LogP contribution in [0.4, 0.5) is 16.2 Å². The predicted molar refractivity (Wildman–Crippen MR) is 117 cm³/mol. The van der Waals surface area contributed by atoms with E-state index in [1.165, 1.54) is 24.3 Å². The van der Waals surface area contributed by atoms with Crippen LogP contribution >= 0.6 is 0 Å². The Morgan fingerprint density at radius 2 is 1.35 bits per heavy atom. The summed E-state index contributed by atoms with van der Waals surface area (Å²) in [7, 11) is -7.66. The zero-order valence-corrected chi connectivity index (χ0v) is 18.4. The minimum absolute atomic E-state index is 0.0108. The second-order valence-corrected chi connectivity index (χ2v) is 11.0. The number of benzene rings is 2. The molecular formula is C20H24N4O5S2. The van der Waals surface area contributed by atoms with Gasteiger partial charge in [-0.1, -0.05) is 12.1 Å². The topological polar surface area (TPSA) is 125 Å². The third-order valence-electron chi connectivity index (χ3n) is 5.15. The third kappa shape index (κ3) is 5.17. The van der Waals surface area contributed by atoms with E-state index in [0.717, 1.165) is 25.7 Å². The van der Waals surface area contributed by atoms with E-state index in [9.17, 15) is 21.6 Å². The molecule has 1 saturated carbocycles. The first-order chi connectivity index (χ1) is 14.7. The van der Waals surface area contributed by atoms with Gasteiger partial charge in [0.05, 0.1) is 21.2 Å². The number of hydrogen-bond donors (Lipinski definition) is 3. The van der Waals surface area contributed by atoms with Gasteiger partial charge >= 0.3 is 6.03 Å². The number of hydrogen-bond acceptors (Lipinski definition) is 5. The van der Waals surface area contributed by atoms with Crippen LogP contribution in [0.2, 0.25) is 0 Å².